The van der Waals surface area contributed by atoms with Crippen LogP contribution in [0.4, 0.5) is 4.79 Å². The van der Waals surface area contributed by atoms with Gasteiger partial charge in [0.05, 0.1) is 6.04 Å². The summed E-state index contributed by atoms with van der Waals surface area (Å²) in [6.45, 7) is 9.49. The van der Waals surface area contributed by atoms with E-state index in [2.05, 4.69) is 15.9 Å². The van der Waals surface area contributed by atoms with E-state index in [1.807, 2.05) is 52.8 Å². The van der Waals surface area contributed by atoms with Crippen molar-refractivity contribution in [2.45, 2.75) is 46.2 Å². The van der Waals surface area contributed by atoms with Gasteiger partial charge in [-0.05, 0) is 58.4 Å². The zero-order valence-corrected chi connectivity index (χ0v) is 14.5. The molecule has 114 valence electrons. The number of hydrogen-bond donors (Lipinski definition) is 1. The SMILES string of the molecule is Cc1c(Br)ccc2oc(C(C)N(C(=O)O)C(C)(C)C)cc12. The van der Waals surface area contributed by atoms with Crippen molar-refractivity contribution in [3.8, 4) is 0 Å². The molecule has 1 amide bonds. The number of aryl methyl sites for hydroxylation is 1. The van der Waals surface area contributed by atoms with Gasteiger partial charge in [0, 0.05) is 15.4 Å². The van der Waals surface area contributed by atoms with E-state index in [0.29, 0.717) is 5.76 Å². The average molecular weight is 354 g/mol. The second-order valence-corrected chi connectivity index (χ2v) is 7.09. The molecule has 1 unspecified atom stereocenters. The average Bonchev–Trinajstić information content (AvgIpc) is 2.76. The van der Waals surface area contributed by atoms with Crippen LogP contribution in [0.25, 0.3) is 11.0 Å². The molecular weight excluding hydrogens is 334 g/mol. The summed E-state index contributed by atoms with van der Waals surface area (Å²) in [5.41, 5.74) is 1.36. The molecule has 1 atom stereocenters. The third kappa shape index (κ3) is 2.93. The van der Waals surface area contributed by atoms with Crippen molar-refractivity contribution in [3.63, 3.8) is 0 Å². The Hall–Kier alpha value is -1.49. The second-order valence-electron chi connectivity index (χ2n) is 6.23. The molecule has 1 heterocycles. The van der Waals surface area contributed by atoms with Crippen molar-refractivity contribution < 1.29 is 14.3 Å². The van der Waals surface area contributed by atoms with Crippen LogP contribution in [-0.2, 0) is 0 Å². The molecule has 0 radical (unpaired) electrons. The second kappa shape index (κ2) is 5.37. The van der Waals surface area contributed by atoms with E-state index in [1.165, 1.54) is 4.90 Å². The Morgan fingerprint density at radius 1 is 1.38 bits per heavy atom. The molecule has 0 aliphatic heterocycles. The molecule has 0 aliphatic rings. The summed E-state index contributed by atoms with van der Waals surface area (Å²) >= 11 is 3.50. The Morgan fingerprint density at radius 3 is 2.52 bits per heavy atom. The smallest absolute Gasteiger partial charge is 0.408 e. The minimum atomic E-state index is -0.951. The molecule has 1 N–H and O–H groups in total. The number of nitrogens with zero attached hydrogens (tertiary/aromatic N) is 1. The lowest BCUT2D eigenvalue weighted by atomic mass is 10.0. The van der Waals surface area contributed by atoms with Crippen molar-refractivity contribution in [2.75, 3.05) is 0 Å². The molecule has 0 spiro atoms. The third-order valence-electron chi connectivity index (χ3n) is 3.65. The molecule has 1 aromatic heterocycles. The van der Waals surface area contributed by atoms with Crippen LogP contribution in [0, 0.1) is 6.92 Å². The first kappa shape index (κ1) is 15.9. The lowest BCUT2D eigenvalue weighted by Crippen LogP contribution is -2.46. The van der Waals surface area contributed by atoms with E-state index in [9.17, 15) is 9.90 Å². The lowest BCUT2D eigenvalue weighted by molar-refractivity contribution is 0.0689. The quantitative estimate of drug-likeness (QED) is 0.792. The van der Waals surface area contributed by atoms with Gasteiger partial charge < -0.3 is 9.52 Å². The fourth-order valence-electron chi connectivity index (χ4n) is 2.61. The number of rotatable bonds is 2. The fraction of sp³-hybridized carbons (Fsp3) is 0.438. The van der Waals surface area contributed by atoms with Gasteiger partial charge in [0.15, 0.2) is 0 Å². The minimum absolute atomic E-state index is 0.354. The molecule has 0 aliphatic carbocycles. The van der Waals surface area contributed by atoms with Crippen LogP contribution in [0.2, 0.25) is 0 Å². The summed E-state index contributed by atoms with van der Waals surface area (Å²) in [6, 6.07) is 5.41. The van der Waals surface area contributed by atoms with Crippen LogP contribution in [0.3, 0.4) is 0 Å². The first-order chi connectivity index (χ1) is 9.62. The van der Waals surface area contributed by atoms with Crippen molar-refractivity contribution in [1.29, 1.82) is 0 Å². The van der Waals surface area contributed by atoms with Gasteiger partial charge in [0.2, 0.25) is 0 Å². The highest BCUT2D eigenvalue weighted by Crippen LogP contribution is 2.34. The van der Waals surface area contributed by atoms with Gasteiger partial charge in [-0.2, -0.15) is 0 Å². The molecule has 4 nitrogen and oxygen atoms in total. The van der Waals surface area contributed by atoms with E-state index in [0.717, 1.165) is 21.0 Å². The van der Waals surface area contributed by atoms with E-state index in [-0.39, 0.29) is 6.04 Å². The summed E-state index contributed by atoms with van der Waals surface area (Å²) in [4.78, 5) is 13.0. The normalized spacial score (nSPS) is 13.4. The molecule has 0 bridgehead atoms. The molecule has 0 saturated heterocycles. The van der Waals surface area contributed by atoms with Gasteiger partial charge in [-0.15, -0.1) is 0 Å². The number of benzene rings is 1. The molecule has 2 rings (SSSR count). The Labute approximate surface area is 132 Å². The highest BCUT2D eigenvalue weighted by atomic mass is 79.9. The number of furan rings is 1. The molecule has 21 heavy (non-hydrogen) atoms. The highest BCUT2D eigenvalue weighted by Gasteiger charge is 2.33. The standard InChI is InChI=1S/C16H20BrNO3/c1-9-11-8-14(21-13(11)7-6-12(9)17)10(2)18(15(19)20)16(3,4)5/h6-8,10H,1-5H3,(H,19,20). The van der Waals surface area contributed by atoms with Crippen LogP contribution >= 0.6 is 15.9 Å². The number of halogens is 1. The van der Waals surface area contributed by atoms with Crippen LogP contribution in [0.5, 0.6) is 0 Å². The molecule has 1 aromatic carbocycles. The van der Waals surface area contributed by atoms with Gasteiger partial charge in [0.25, 0.3) is 0 Å². The van der Waals surface area contributed by atoms with Crippen LogP contribution in [0.15, 0.2) is 27.1 Å². The first-order valence-corrected chi connectivity index (χ1v) is 7.63. The van der Waals surface area contributed by atoms with E-state index < -0.39 is 11.6 Å². The van der Waals surface area contributed by atoms with Gasteiger partial charge >= 0.3 is 6.09 Å². The van der Waals surface area contributed by atoms with Crippen LogP contribution in [0.1, 0.15) is 45.1 Å². The van der Waals surface area contributed by atoms with Gasteiger partial charge in [0.1, 0.15) is 11.3 Å². The lowest BCUT2D eigenvalue weighted by Gasteiger charge is -2.37. The Balaban J connectivity index is 2.50. The molecule has 2 aromatic rings. The Kier molecular flexibility index (Phi) is 4.06. The van der Waals surface area contributed by atoms with E-state index >= 15 is 0 Å². The van der Waals surface area contributed by atoms with Crippen LogP contribution < -0.4 is 0 Å². The highest BCUT2D eigenvalue weighted by molar-refractivity contribution is 9.10. The zero-order chi connectivity index (χ0) is 15.9. The topological polar surface area (TPSA) is 53.7 Å². The number of carbonyl (C=O) groups is 1. The van der Waals surface area contributed by atoms with Gasteiger partial charge in [-0.25, -0.2) is 4.79 Å². The largest absolute Gasteiger partial charge is 0.465 e. The minimum Gasteiger partial charge on any atom is -0.465 e. The molecular formula is C16H20BrNO3. The Bertz CT molecular complexity index is 685. The molecule has 0 fully saturated rings. The zero-order valence-electron chi connectivity index (χ0n) is 12.9. The monoisotopic (exact) mass is 353 g/mol. The van der Waals surface area contributed by atoms with Crippen molar-refractivity contribution in [1.82, 2.24) is 4.90 Å². The maximum Gasteiger partial charge on any atom is 0.408 e. The van der Waals surface area contributed by atoms with Gasteiger partial charge in [-0.1, -0.05) is 15.9 Å². The number of carboxylic acid groups (broad SMARTS) is 1. The third-order valence-corrected chi connectivity index (χ3v) is 4.51. The number of hydrogen-bond acceptors (Lipinski definition) is 2. The Morgan fingerprint density at radius 2 is 2.00 bits per heavy atom. The predicted octanol–water partition coefficient (Wildman–Crippen LogP) is 5.34. The summed E-state index contributed by atoms with van der Waals surface area (Å²) in [7, 11) is 0. The molecule has 0 saturated carbocycles. The number of amides is 1. The summed E-state index contributed by atoms with van der Waals surface area (Å²) in [5.74, 6) is 0.656. The summed E-state index contributed by atoms with van der Waals surface area (Å²) < 4.78 is 6.88. The summed E-state index contributed by atoms with van der Waals surface area (Å²) in [6.07, 6.45) is -0.951. The van der Waals surface area contributed by atoms with Crippen molar-refractivity contribution in [3.05, 3.63) is 34.0 Å². The van der Waals surface area contributed by atoms with E-state index in [1.54, 1.807) is 0 Å². The van der Waals surface area contributed by atoms with E-state index in [4.69, 9.17) is 4.42 Å². The number of fused-ring (bicyclic) bond motifs is 1. The fourth-order valence-corrected chi connectivity index (χ4v) is 2.96. The first-order valence-electron chi connectivity index (χ1n) is 6.83. The van der Waals surface area contributed by atoms with Gasteiger partial charge in [-0.3, -0.25) is 4.90 Å². The predicted molar refractivity (Wildman–Crippen MR) is 86.7 cm³/mol. The maximum absolute atomic E-state index is 11.6. The maximum atomic E-state index is 11.6. The van der Waals surface area contributed by atoms with Crippen LogP contribution in [-0.4, -0.2) is 21.6 Å². The molecule has 5 heteroatoms. The van der Waals surface area contributed by atoms with Crippen molar-refractivity contribution in [2.24, 2.45) is 0 Å². The summed E-state index contributed by atoms with van der Waals surface area (Å²) in [5, 5.41) is 10.5. The van der Waals surface area contributed by atoms with Crippen molar-refractivity contribution >= 4 is 33.0 Å².